The monoisotopic (exact) mass is 295 g/mol. The first-order valence-corrected chi connectivity index (χ1v) is 6.12. The van der Waals surface area contributed by atoms with Gasteiger partial charge in [-0.25, -0.2) is 0 Å². The Morgan fingerprint density at radius 2 is 2.18 bits per heavy atom. The third kappa shape index (κ3) is 2.29. The van der Waals surface area contributed by atoms with Crippen molar-refractivity contribution in [3.05, 3.63) is 28.2 Å². The molecule has 0 amide bonds. The molecule has 17 heavy (non-hydrogen) atoms. The molecule has 4 nitrogen and oxygen atoms in total. The largest absolute Gasteiger partial charge is 0.495 e. The van der Waals surface area contributed by atoms with E-state index in [-0.39, 0.29) is 0 Å². The molecule has 0 aliphatic heterocycles. The van der Waals surface area contributed by atoms with E-state index < -0.39 is 0 Å². The predicted octanol–water partition coefficient (Wildman–Crippen LogP) is 2.99. The normalized spacial score (nSPS) is 10.5. The highest BCUT2D eigenvalue weighted by atomic mass is 79.9. The van der Waals surface area contributed by atoms with E-state index in [9.17, 15) is 0 Å². The number of ether oxygens (including phenoxy) is 1. The molecular formula is C12H14BrN3O. The van der Waals surface area contributed by atoms with Gasteiger partial charge in [-0.2, -0.15) is 5.10 Å². The van der Waals surface area contributed by atoms with E-state index in [0.717, 1.165) is 27.9 Å². The van der Waals surface area contributed by atoms with Gasteiger partial charge in [-0.15, -0.1) is 0 Å². The first-order valence-electron chi connectivity index (χ1n) is 5.33. The van der Waals surface area contributed by atoms with Crippen LogP contribution in [0.3, 0.4) is 0 Å². The molecule has 0 aliphatic carbocycles. The van der Waals surface area contributed by atoms with E-state index >= 15 is 0 Å². The Morgan fingerprint density at radius 1 is 1.41 bits per heavy atom. The Bertz CT molecular complexity index is 537. The number of hydrogen-bond donors (Lipinski definition) is 2. The van der Waals surface area contributed by atoms with Crippen molar-refractivity contribution in [1.29, 1.82) is 0 Å². The molecule has 0 fully saturated rings. The highest BCUT2D eigenvalue weighted by molar-refractivity contribution is 9.10. The Hall–Kier alpha value is -1.49. The van der Waals surface area contributed by atoms with Crippen LogP contribution < -0.4 is 10.5 Å². The molecule has 90 valence electrons. The summed E-state index contributed by atoms with van der Waals surface area (Å²) in [6, 6.07) is 5.93. The number of benzene rings is 1. The van der Waals surface area contributed by atoms with E-state index in [2.05, 4.69) is 45.2 Å². The molecule has 0 saturated heterocycles. The first-order chi connectivity index (χ1) is 8.15. The number of H-pyrrole nitrogens is 1. The van der Waals surface area contributed by atoms with Crippen LogP contribution in [0.15, 0.2) is 22.7 Å². The topological polar surface area (TPSA) is 63.9 Å². The van der Waals surface area contributed by atoms with Crippen molar-refractivity contribution in [2.45, 2.75) is 13.3 Å². The summed E-state index contributed by atoms with van der Waals surface area (Å²) >= 11 is 3.51. The van der Waals surface area contributed by atoms with Gasteiger partial charge in [0, 0.05) is 11.6 Å². The molecule has 0 saturated carbocycles. The molecule has 0 atom stereocenters. The number of aromatic amines is 1. The van der Waals surface area contributed by atoms with Crippen molar-refractivity contribution in [3.63, 3.8) is 0 Å². The summed E-state index contributed by atoms with van der Waals surface area (Å²) in [5.41, 5.74) is 8.66. The highest BCUT2D eigenvalue weighted by Gasteiger charge is 2.13. The standard InChI is InChI=1S/C12H14BrN3O/c1-3-7-4-8(10-6-11(14)16-15-10)12(17-2)9(13)5-7/h4-6H,3H2,1-2H3,(H3,14,15,16). The maximum atomic E-state index is 5.62. The number of nitrogens with two attached hydrogens (primary N) is 1. The lowest BCUT2D eigenvalue weighted by atomic mass is 10.1. The van der Waals surface area contributed by atoms with Crippen LogP contribution in [0.25, 0.3) is 11.3 Å². The number of anilines is 1. The van der Waals surface area contributed by atoms with E-state index in [0.29, 0.717) is 5.82 Å². The summed E-state index contributed by atoms with van der Waals surface area (Å²) in [7, 11) is 1.65. The van der Waals surface area contributed by atoms with Gasteiger partial charge >= 0.3 is 0 Å². The summed E-state index contributed by atoms with van der Waals surface area (Å²) in [5, 5.41) is 6.83. The van der Waals surface area contributed by atoms with Crippen LogP contribution >= 0.6 is 15.9 Å². The van der Waals surface area contributed by atoms with Crippen molar-refractivity contribution in [1.82, 2.24) is 10.2 Å². The fraction of sp³-hybridized carbons (Fsp3) is 0.250. The fourth-order valence-electron chi connectivity index (χ4n) is 1.74. The fourth-order valence-corrected chi connectivity index (χ4v) is 2.41. The first kappa shape index (κ1) is 12.0. The molecule has 0 aliphatic rings. The van der Waals surface area contributed by atoms with Gasteiger partial charge < -0.3 is 10.5 Å². The van der Waals surface area contributed by atoms with E-state index in [4.69, 9.17) is 10.5 Å². The number of methoxy groups -OCH3 is 1. The molecule has 0 radical (unpaired) electrons. The molecule has 2 rings (SSSR count). The second-order valence-corrected chi connectivity index (χ2v) is 4.57. The molecule has 3 N–H and O–H groups in total. The number of hydrogen-bond acceptors (Lipinski definition) is 3. The summed E-state index contributed by atoms with van der Waals surface area (Å²) in [5.74, 6) is 1.26. The summed E-state index contributed by atoms with van der Waals surface area (Å²) < 4.78 is 6.34. The molecule has 2 aromatic rings. The quantitative estimate of drug-likeness (QED) is 0.915. The zero-order valence-electron chi connectivity index (χ0n) is 9.75. The lowest BCUT2D eigenvalue weighted by Gasteiger charge is -2.11. The van der Waals surface area contributed by atoms with Gasteiger partial charge in [-0.3, -0.25) is 5.10 Å². The molecular weight excluding hydrogens is 282 g/mol. The highest BCUT2D eigenvalue weighted by Crippen LogP contribution is 2.37. The number of aryl methyl sites for hydroxylation is 1. The average Bonchev–Trinajstić information content (AvgIpc) is 2.74. The van der Waals surface area contributed by atoms with E-state index in [1.165, 1.54) is 5.56 Å². The lowest BCUT2D eigenvalue weighted by Crippen LogP contribution is -1.92. The number of nitrogens with zero attached hydrogens (tertiary/aromatic N) is 1. The van der Waals surface area contributed by atoms with Crippen LogP contribution in [0.1, 0.15) is 12.5 Å². The molecule has 0 unspecified atom stereocenters. The minimum absolute atomic E-state index is 0.472. The zero-order valence-corrected chi connectivity index (χ0v) is 11.3. The SMILES string of the molecule is CCc1cc(Br)c(OC)c(-c2cc(N)n[nH]2)c1. The lowest BCUT2D eigenvalue weighted by molar-refractivity contribution is 0.413. The van der Waals surface area contributed by atoms with Crippen LogP contribution in [0.4, 0.5) is 5.82 Å². The van der Waals surface area contributed by atoms with Gasteiger partial charge in [-0.05, 0) is 40.0 Å². The van der Waals surface area contributed by atoms with Crippen molar-refractivity contribution >= 4 is 21.7 Å². The molecule has 1 heterocycles. The van der Waals surface area contributed by atoms with Crippen LogP contribution in [0.2, 0.25) is 0 Å². The van der Waals surface area contributed by atoms with Crippen molar-refractivity contribution < 1.29 is 4.74 Å². The van der Waals surface area contributed by atoms with Gasteiger partial charge in [0.1, 0.15) is 11.6 Å². The van der Waals surface area contributed by atoms with Crippen molar-refractivity contribution in [3.8, 4) is 17.0 Å². The number of rotatable bonds is 3. The Balaban J connectivity index is 2.61. The maximum Gasteiger partial charge on any atom is 0.145 e. The molecule has 5 heteroatoms. The summed E-state index contributed by atoms with van der Waals surface area (Å²) in [4.78, 5) is 0. The molecule has 0 bridgehead atoms. The Labute approximate surface area is 108 Å². The van der Waals surface area contributed by atoms with Crippen LogP contribution in [0.5, 0.6) is 5.75 Å². The third-order valence-corrected chi connectivity index (χ3v) is 3.19. The number of nitrogen functional groups attached to an aromatic ring is 1. The molecule has 1 aromatic carbocycles. The third-order valence-electron chi connectivity index (χ3n) is 2.60. The van der Waals surface area contributed by atoms with Crippen LogP contribution in [-0.2, 0) is 6.42 Å². The zero-order chi connectivity index (χ0) is 12.4. The van der Waals surface area contributed by atoms with Gasteiger partial charge in [0.05, 0.1) is 17.3 Å². The smallest absolute Gasteiger partial charge is 0.145 e. The van der Waals surface area contributed by atoms with Gasteiger partial charge in [0.25, 0.3) is 0 Å². The molecule has 0 spiro atoms. The van der Waals surface area contributed by atoms with Crippen LogP contribution in [-0.4, -0.2) is 17.3 Å². The van der Waals surface area contributed by atoms with Crippen LogP contribution in [0, 0.1) is 0 Å². The van der Waals surface area contributed by atoms with Crippen molar-refractivity contribution in [2.24, 2.45) is 0 Å². The number of aromatic nitrogens is 2. The number of halogens is 1. The Kier molecular flexibility index (Phi) is 3.38. The van der Waals surface area contributed by atoms with E-state index in [1.54, 1.807) is 13.2 Å². The predicted molar refractivity (Wildman–Crippen MR) is 72.1 cm³/mol. The second kappa shape index (κ2) is 4.79. The minimum atomic E-state index is 0.472. The minimum Gasteiger partial charge on any atom is -0.495 e. The number of nitrogens with one attached hydrogen (secondary N) is 1. The summed E-state index contributed by atoms with van der Waals surface area (Å²) in [6.45, 7) is 2.11. The maximum absolute atomic E-state index is 5.62. The molecule has 1 aromatic heterocycles. The van der Waals surface area contributed by atoms with Gasteiger partial charge in [-0.1, -0.05) is 6.92 Å². The van der Waals surface area contributed by atoms with Gasteiger partial charge in [0.15, 0.2) is 0 Å². The van der Waals surface area contributed by atoms with Gasteiger partial charge in [0.2, 0.25) is 0 Å². The second-order valence-electron chi connectivity index (χ2n) is 3.72. The summed E-state index contributed by atoms with van der Waals surface area (Å²) in [6.07, 6.45) is 0.958. The van der Waals surface area contributed by atoms with E-state index in [1.807, 2.05) is 0 Å². The van der Waals surface area contributed by atoms with Crippen molar-refractivity contribution in [2.75, 3.05) is 12.8 Å². The Morgan fingerprint density at radius 3 is 2.71 bits per heavy atom. The average molecular weight is 296 g/mol.